The van der Waals surface area contributed by atoms with Crippen LogP contribution in [-0.2, 0) is 6.54 Å². The molecule has 0 fully saturated rings. The highest BCUT2D eigenvalue weighted by Gasteiger charge is 2.07. The first-order valence-corrected chi connectivity index (χ1v) is 7.13. The predicted octanol–water partition coefficient (Wildman–Crippen LogP) is 3.71. The van der Waals surface area contributed by atoms with E-state index in [9.17, 15) is 0 Å². The van der Waals surface area contributed by atoms with Crippen molar-refractivity contribution in [3.63, 3.8) is 0 Å². The normalized spacial score (nSPS) is 11.2. The first-order chi connectivity index (χ1) is 9.08. The fourth-order valence-corrected chi connectivity index (χ4v) is 1.97. The zero-order valence-corrected chi connectivity index (χ0v) is 15.7. The van der Waals surface area contributed by atoms with Gasteiger partial charge in [-0.1, -0.05) is 13.3 Å². The summed E-state index contributed by atoms with van der Waals surface area (Å²) in [6.07, 6.45) is 2.38. The average Bonchev–Trinajstić information content (AvgIpc) is 2.70. The second-order valence-electron chi connectivity index (χ2n) is 4.88. The van der Waals surface area contributed by atoms with E-state index in [1.807, 2.05) is 13.8 Å². The Balaban J connectivity index is 0.00000361. The Hall–Kier alpha value is -0.720. The van der Waals surface area contributed by atoms with E-state index in [0.29, 0.717) is 6.54 Å². The van der Waals surface area contributed by atoms with Crippen LogP contribution in [0.5, 0.6) is 0 Å². The second-order valence-corrected chi connectivity index (χ2v) is 4.88. The summed E-state index contributed by atoms with van der Waals surface area (Å²) in [6.45, 7) is 10.8. The van der Waals surface area contributed by atoms with Crippen molar-refractivity contribution in [2.45, 2.75) is 47.1 Å². The van der Waals surface area contributed by atoms with Gasteiger partial charge in [0.15, 0.2) is 5.96 Å². The molecule has 0 saturated heterocycles. The van der Waals surface area contributed by atoms with Gasteiger partial charge in [0.1, 0.15) is 11.5 Å². The van der Waals surface area contributed by atoms with Gasteiger partial charge in [0.2, 0.25) is 0 Å². The molecule has 0 aromatic carbocycles. The van der Waals surface area contributed by atoms with Gasteiger partial charge >= 0.3 is 0 Å². The first-order valence-electron chi connectivity index (χ1n) is 7.13. The minimum absolute atomic E-state index is 0. The molecule has 0 aliphatic carbocycles. The summed E-state index contributed by atoms with van der Waals surface area (Å²) in [6, 6.07) is 2.06. The fourth-order valence-electron chi connectivity index (χ4n) is 1.97. The zero-order chi connectivity index (χ0) is 14.3. The Morgan fingerprint density at radius 3 is 2.55 bits per heavy atom. The third-order valence-corrected chi connectivity index (χ3v) is 3.09. The molecule has 0 amide bonds. The number of rotatable bonds is 6. The summed E-state index contributed by atoms with van der Waals surface area (Å²) in [5.41, 5.74) is 1.16. The molecule has 1 rings (SSSR count). The lowest BCUT2D eigenvalue weighted by atomic mass is 10.2. The van der Waals surface area contributed by atoms with E-state index in [1.165, 1.54) is 12.8 Å². The minimum atomic E-state index is 0. The summed E-state index contributed by atoms with van der Waals surface area (Å²) in [5, 5.41) is 3.33. The monoisotopic (exact) mass is 393 g/mol. The molecule has 0 radical (unpaired) electrons. The highest BCUT2D eigenvalue weighted by molar-refractivity contribution is 14.0. The van der Waals surface area contributed by atoms with Gasteiger partial charge in [0, 0.05) is 25.7 Å². The molecular formula is C15H28IN3O. The number of furan rings is 1. The van der Waals surface area contributed by atoms with Crippen LogP contribution in [0, 0.1) is 13.8 Å². The first kappa shape index (κ1) is 19.3. The van der Waals surface area contributed by atoms with Crippen molar-refractivity contribution in [1.82, 2.24) is 10.2 Å². The molecule has 1 aromatic rings. The molecule has 0 aliphatic heterocycles. The van der Waals surface area contributed by atoms with Crippen LogP contribution in [0.3, 0.4) is 0 Å². The highest BCUT2D eigenvalue weighted by Crippen LogP contribution is 2.14. The lowest BCUT2D eigenvalue weighted by molar-refractivity contribution is 0.464. The van der Waals surface area contributed by atoms with Gasteiger partial charge in [-0.2, -0.15) is 0 Å². The second kappa shape index (κ2) is 10.1. The van der Waals surface area contributed by atoms with E-state index in [2.05, 4.69) is 42.2 Å². The molecule has 0 aliphatic rings. The van der Waals surface area contributed by atoms with Crippen LogP contribution in [0.2, 0.25) is 0 Å². The Bertz CT molecular complexity index is 415. The van der Waals surface area contributed by atoms with Crippen molar-refractivity contribution in [3.8, 4) is 0 Å². The number of nitrogens with zero attached hydrogens (tertiary/aromatic N) is 2. The summed E-state index contributed by atoms with van der Waals surface area (Å²) in [7, 11) is 2.09. The van der Waals surface area contributed by atoms with Gasteiger partial charge in [0.05, 0.1) is 6.54 Å². The summed E-state index contributed by atoms with van der Waals surface area (Å²) >= 11 is 0. The SMILES string of the molecule is CCCCN(C)C(=NCc1cc(C)oc1C)NCC.I. The molecule has 0 spiro atoms. The molecule has 1 aromatic heterocycles. The zero-order valence-electron chi connectivity index (χ0n) is 13.3. The maximum absolute atomic E-state index is 5.53. The molecule has 5 heteroatoms. The number of aliphatic imine (C=N–C) groups is 1. The van der Waals surface area contributed by atoms with Crippen LogP contribution >= 0.6 is 24.0 Å². The number of nitrogens with one attached hydrogen (secondary N) is 1. The summed E-state index contributed by atoms with van der Waals surface area (Å²) in [5.74, 6) is 2.88. The van der Waals surface area contributed by atoms with Crippen molar-refractivity contribution in [1.29, 1.82) is 0 Å². The maximum atomic E-state index is 5.53. The van der Waals surface area contributed by atoms with E-state index in [0.717, 1.165) is 36.1 Å². The van der Waals surface area contributed by atoms with Gasteiger partial charge in [-0.15, -0.1) is 24.0 Å². The number of guanidine groups is 1. The molecule has 1 heterocycles. The quantitative estimate of drug-likeness (QED) is 0.455. The molecule has 116 valence electrons. The maximum Gasteiger partial charge on any atom is 0.193 e. The predicted molar refractivity (Wildman–Crippen MR) is 96.0 cm³/mol. The van der Waals surface area contributed by atoms with Crippen molar-refractivity contribution < 1.29 is 4.42 Å². The fraction of sp³-hybridized carbons (Fsp3) is 0.667. The van der Waals surface area contributed by atoms with E-state index in [4.69, 9.17) is 4.42 Å². The molecule has 0 bridgehead atoms. The Labute approximate surface area is 140 Å². The molecule has 1 N–H and O–H groups in total. The van der Waals surface area contributed by atoms with Gasteiger partial charge in [0.25, 0.3) is 0 Å². The van der Waals surface area contributed by atoms with Gasteiger partial charge in [-0.3, -0.25) is 0 Å². The molecule has 0 unspecified atom stereocenters. The van der Waals surface area contributed by atoms with Crippen LogP contribution in [0.15, 0.2) is 15.5 Å². The molecule has 0 saturated carbocycles. The third-order valence-electron chi connectivity index (χ3n) is 3.09. The summed E-state index contributed by atoms with van der Waals surface area (Å²) in [4.78, 5) is 6.87. The van der Waals surface area contributed by atoms with Crippen LogP contribution in [0.25, 0.3) is 0 Å². The van der Waals surface area contributed by atoms with Crippen LogP contribution in [0.4, 0.5) is 0 Å². The largest absolute Gasteiger partial charge is 0.466 e. The van der Waals surface area contributed by atoms with Crippen molar-refractivity contribution in [3.05, 3.63) is 23.2 Å². The smallest absolute Gasteiger partial charge is 0.193 e. The van der Waals surface area contributed by atoms with Crippen molar-refractivity contribution in [2.75, 3.05) is 20.1 Å². The molecule has 20 heavy (non-hydrogen) atoms. The number of aryl methyl sites for hydroxylation is 2. The Kier molecular flexibility index (Phi) is 9.71. The number of hydrogen-bond acceptors (Lipinski definition) is 2. The topological polar surface area (TPSA) is 40.8 Å². The van der Waals surface area contributed by atoms with Gasteiger partial charge in [-0.25, -0.2) is 4.99 Å². The van der Waals surface area contributed by atoms with Crippen molar-refractivity contribution >= 4 is 29.9 Å². The van der Waals surface area contributed by atoms with E-state index in [1.54, 1.807) is 0 Å². The van der Waals surface area contributed by atoms with E-state index in [-0.39, 0.29) is 24.0 Å². The lowest BCUT2D eigenvalue weighted by Crippen LogP contribution is -2.39. The van der Waals surface area contributed by atoms with Crippen LogP contribution in [0.1, 0.15) is 43.8 Å². The highest BCUT2D eigenvalue weighted by atomic mass is 127. The van der Waals surface area contributed by atoms with E-state index >= 15 is 0 Å². The van der Waals surface area contributed by atoms with E-state index < -0.39 is 0 Å². The average molecular weight is 393 g/mol. The number of halogens is 1. The summed E-state index contributed by atoms with van der Waals surface area (Å²) < 4.78 is 5.53. The molecule has 4 nitrogen and oxygen atoms in total. The Morgan fingerprint density at radius 2 is 2.05 bits per heavy atom. The minimum Gasteiger partial charge on any atom is -0.466 e. The Morgan fingerprint density at radius 1 is 1.35 bits per heavy atom. The van der Waals surface area contributed by atoms with Crippen LogP contribution in [-0.4, -0.2) is 31.0 Å². The molecular weight excluding hydrogens is 365 g/mol. The molecule has 0 atom stereocenters. The van der Waals surface area contributed by atoms with Gasteiger partial charge < -0.3 is 14.6 Å². The number of hydrogen-bond donors (Lipinski definition) is 1. The van der Waals surface area contributed by atoms with Crippen LogP contribution < -0.4 is 5.32 Å². The van der Waals surface area contributed by atoms with Crippen molar-refractivity contribution in [2.24, 2.45) is 4.99 Å². The standard InChI is InChI=1S/C15H27N3O.HI/c1-6-8-9-18(5)15(16-7-2)17-11-14-10-12(3)19-13(14)4;/h10H,6-9,11H2,1-5H3,(H,16,17);1H. The van der Waals surface area contributed by atoms with Gasteiger partial charge in [-0.05, 0) is 33.3 Å². The lowest BCUT2D eigenvalue weighted by Gasteiger charge is -2.21. The third kappa shape index (κ3) is 6.15. The number of unbranched alkanes of at least 4 members (excludes halogenated alkanes) is 1.